The zero-order chi connectivity index (χ0) is 24.3. The second kappa shape index (κ2) is 9.57. The van der Waals surface area contributed by atoms with E-state index >= 15 is 0 Å². The number of alkyl halides is 3. The van der Waals surface area contributed by atoms with Gasteiger partial charge in [-0.05, 0) is 58.8 Å². The zero-order valence-corrected chi connectivity index (χ0v) is 18.3. The molecule has 4 aromatic rings. The Morgan fingerprint density at radius 3 is 2.21 bits per heavy atom. The molecule has 0 saturated heterocycles. The SMILES string of the molecule is O=C(Nc1cc(Cl)cc(Cl)c1)Nc1ccc(-c2ccc(OC(F)(F)F)cc2)cc1-c1nn[nH]n1. The lowest BCUT2D eigenvalue weighted by atomic mass is 10.0. The number of nitrogens with zero attached hydrogens (tertiary/aromatic N) is 3. The van der Waals surface area contributed by atoms with Crippen molar-refractivity contribution in [1.82, 2.24) is 20.6 Å². The van der Waals surface area contributed by atoms with Gasteiger partial charge < -0.3 is 15.4 Å². The minimum Gasteiger partial charge on any atom is -0.406 e. The number of aromatic amines is 1. The number of tetrazole rings is 1. The average molecular weight is 509 g/mol. The molecule has 0 aliphatic heterocycles. The number of rotatable bonds is 5. The average Bonchev–Trinajstić information content (AvgIpc) is 3.27. The van der Waals surface area contributed by atoms with Crippen molar-refractivity contribution in [2.24, 2.45) is 0 Å². The van der Waals surface area contributed by atoms with Crippen molar-refractivity contribution in [3.8, 4) is 28.3 Å². The van der Waals surface area contributed by atoms with Crippen LogP contribution >= 0.6 is 23.2 Å². The maximum atomic E-state index is 12.6. The Morgan fingerprint density at radius 1 is 0.912 bits per heavy atom. The Morgan fingerprint density at radius 2 is 1.59 bits per heavy atom. The predicted octanol–water partition coefficient (Wildman–Crippen LogP) is 6.38. The highest BCUT2D eigenvalue weighted by Crippen LogP contribution is 2.32. The molecule has 0 radical (unpaired) electrons. The number of carbonyl (C=O) groups is 1. The molecule has 4 rings (SSSR count). The summed E-state index contributed by atoms with van der Waals surface area (Å²) in [4.78, 5) is 12.6. The zero-order valence-electron chi connectivity index (χ0n) is 16.8. The van der Waals surface area contributed by atoms with Crippen LogP contribution in [0.15, 0.2) is 60.7 Å². The van der Waals surface area contributed by atoms with Crippen molar-refractivity contribution in [2.45, 2.75) is 6.36 Å². The standard InChI is InChI=1S/C21H13Cl2F3N6O2/c22-13-8-14(23)10-15(9-13)27-20(33)28-18-6-3-12(7-17(18)19-29-31-32-30-19)11-1-4-16(5-2-11)34-21(24,25)26/h1-10H,(H2,27,28,33)(H,29,30,31,32). The van der Waals surface area contributed by atoms with Gasteiger partial charge in [-0.15, -0.1) is 23.4 Å². The quantitative estimate of drug-likeness (QED) is 0.290. The van der Waals surface area contributed by atoms with Crippen molar-refractivity contribution < 1.29 is 22.7 Å². The molecule has 0 unspecified atom stereocenters. The molecule has 0 aliphatic carbocycles. The molecule has 1 heterocycles. The molecule has 0 saturated carbocycles. The van der Waals surface area contributed by atoms with Crippen molar-refractivity contribution >= 4 is 40.6 Å². The number of benzene rings is 3. The molecule has 0 bridgehead atoms. The molecule has 0 fully saturated rings. The lowest BCUT2D eigenvalue weighted by Gasteiger charge is -2.13. The molecule has 13 heteroatoms. The predicted molar refractivity (Wildman–Crippen MR) is 121 cm³/mol. The Balaban J connectivity index is 1.59. The van der Waals surface area contributed by atoms with Crippen LogP contribution in [0.4, 0.5) is 29.3 Å². The summed E-state index contributed by atoms with van der Waals surface area (Å²) in [5, 5.41) is 19.8. The normalized spacial score (nSPS) is 11.2. The molecule has 2 amide bonds. The van der Waals surface area contributed by atoms with Gasteiger partial charge in [-0.3, -0.25) is 0 Å². The molecular weight excluding hydrogens is 496 g/mol. The van der Waals surface area contributed by atoms with Gasteiger partial charge in [0.05, 0.1) is 5.69 Å². The van der Waals surface area contributed by atoms with E-state index < -0.39 is 12.4 Å². The molecule has 3 aromatic carbocycles. The van der Waals surface area contributed by atoms with Crippen molar-refractivity contribution in [1.29, 1.82) is 0 Å². The van der Waals surface area contributed by atoms with E-state index in [1.54, 1.807) is 18.2 Å². The number of nitrogens with one attached hydrogen (secondary N) is 3. The topological polar surface area (TPSA) is 105 Å². The summed E-state index contributed by atoms with van der Waals surface area (Å²) in [6, 6.07) is 14.3. The Labute approximate surface area is 200 Å². The number of amides is 2. The van der Waals surface area contributed by atoms with E-state index in [9.17, 15) is 18.0 Å². The maximum Gasteiger partial charge on any atom is 0.573 e. The van der Waals surface area contributed by atoms with E-state index in [2.05, 4.69) is 36.0 Å². The number of anilines is 2. The number of ether oxygens (including phenoxy) is 1. The second-order valence-corrected chi connectivity index (χ2v) is 7.68. The highest BCUT2D eigenvalue weighted by molar-refractivity contribution is 6.35. The summed E-state index contributed by atoms with van der Waals surface area (Å²) in [6.45, 7) is 0. The van der Waals surface area contributed by atoms with E-state index in [-0.39, 0.29) is 11.6 Å². The van der Waals surface area contributed by atoms with Crippen molar-refractivity contribution in [3.63, 3.8) is 0 Å². The van der Waals surface area contributed by atoms with E-state index in [0.717, 1.165) is 0 Å². The van der Waals surface area contributed by atoms with Crippen LogP contribution in [0.3, 0.4) is 0 Å². The van der Waals surface area contributed by atoms with Gasteiger partial charge in [0.2, 0.25) is 5.82 Å². The number of carbonyl (C=O) groups excluding carboxylic acids is 1. The summed E-state index contributed by atoms with van der Waals surface area (Å²) in [6.07, 6.45) is -4.78. The van der Waals surface area contributed by atoms with Gasteiger partial charge in [0.15, 0.2) is 0 Å². The first-order valence-electron chi connectivity index (χ1n) is 9.44. The molecule has 0 aliphatic rings. The molecule has 0 spiro atoms. The fourth-order valence-corrected chi connectivity index (χ4v) is 3.58. The lowest BCUT2D eigenvalue weighted by Crippen LogP contribution is -2.20. The van der Waals surface area contributed by atoms with Crippen molar-refractivity contribution in [3.05, 3.63) is 70.7 Å². The molecule has 1 aromatic heterocycles. The lowest BCUT2D eigenvalue weighted by molar-refractivity contribution is -0.274. The molecule has 34 heavy (non-hydrogen) atoms. The largest absolute Gasteiger partial charge is 0.573 e. The van der Waals surface area contributed by atoms with Gasteiger partial charge in [-0.1, -0.05) is 41.4 Å². The monoisotopic (exact) mass is 508 g/mol. The van der Waals surface area contributed by atoms with Gasteiger partial charge in [-0.2, -0.15) is 5.21 Å². The van der Waals surface area contributed by atoms with Crippen LogP contribution in [0.25, 0.3) is 22.5 Å². The van der Waals surface area contributed by atoms with E-state index in [1.165, 1.54) is 42.5 Å². The summed E-state index contributed by atoms with van der Waals surface area (Å²) in [7, 11) is 0. The van der Waals surface area contributed by atoms with E-state index in [4.69, 9.17) is 23.2 Å². The maximum absolute atomic E-state index is 12.6. The summed E-state index contributed by atoms with van der Waals surface area (Å²) >= 11 is 11.9. The summed E-state index contributed by atoms with van der Waals surface area (Å²) in [5.74, 6) is -0.148. The molecular formula is C21H13Cl2F3N6O2. The van der Waals surface area contributed by atoms with Gasteiger partial charge in [-0.25, -0.2) is 4.79 Å². The minimum atomic E-state index is -4.78. The number of halogens is 5. The van der Waals surface area contributed by atoms with Gasteiger partial charge in [0.25, 0.3) is 0 Å². The number of hydrogen-bond acceptors (Lipinski definition) is 5. The summed E-state index contributed by atoms with van der Waals surface area (Å²) < 4.78 is 41.1. The fourth-order valence-electron chi connectivity index (χ4n) is 3.05. The molecule has 0 atom stereocenters. The third kappa shape index (κ3) is 5.94. The highest BCUT2D eigenvalue weighted by Gasteiger charge is 2.31. The number of H-pyrrole nitrogens is 1. The minimum absolute atomic E-state index is 0.194. The van der Waals surface area contributed by atoms with Crippen LogP contribution < -0.4 is 15.4 Å². The first-order chi connectivity index (χ1) is 16.2. The number of aromatic nitrogens is 4. The smallest absolute Gasteiger partial charge is 0.406 e. The second-order valence-electron chi connectivity index (χ2n) is 6.81. The molecule has 8 nitrogen and oxygen atoms in total. The third-order valence-corrected chi connectivity index (χ3v) is 4.83. The van der Waals surface area contributed by atoms with Crippen LogP contribution in [-0.4, -0.2) is 33.0 Å². The van der Waals surface area contributed by atoms with Crippen LogP contribution in [0, 0.1) is 0 Å². The third-order valence-electron chi connectivity index (χ3n) is 4.40. The van der Waals surface area contributed by atoms with Gasteiger partial charge >= 0.3 is 12.4 Å². The highest BCUT2D eigenvalue weighted by atomic mass is 35.5. The van der Waals surface area contributed by atoms with Gasteiger partial charge in [0, 0.05) is 21.3 Å². The Bertz CT molecular complexity index is 1300. The van der Waals surface area contributed by atoms with Crippen LogP contribution in [0.2, 0.25) is 10.0 Å². The fraction of sp³-hybridized carbons (Fsp3) is 0.0476. The van der Waals surface area contributed by atoms with E-state index in [0.29, 0.717) is 38.1 Å². The van der Waals surface area contributed by atoms with Crippen LogP contribution in [0.1, 0.15) is 0 Å². The van der Waals surface area contributed by atoms with Gasteiger partial charge in [0.1, 0.15) is 5.75 Å². The first kappa shape index (κ1) is 23.3. The molecule has 3 N–H and O–H groups in total. The first-order valence-corrected chi connectivity index (χ1v) is 10.2. The Hall–Kier alpha value is -3.83. The van der Waals surface area contributed by atoms with Crippen LogP contribution in [0.5, 0.6) is 5.75 Å². The Kier molecular flexibility index (Phi) is 6.57. The number of hydrogen-bond donors (Lipinski definition) is 3. The van der Waals surface area contributed by atoms with E-state index in [1.807, 2.05) is 0 Å². The number of urea groups is 1. The summed E-state index contributed by atoms with van der Waals surface area (Å²) in [5.41, 5.74) is 2.39. The van der Waals surface area contributed by atoms with Crippen molar-refractivity contribution in [2.75, 3.05) is 10.6 Å². The molecule has 174 valence electrons. The van der Waals surface area contributed by atoms with Crippen LogP contribution in [-0.2, 0) is 0 Å².